The number of rotatable bonds is 13. The summed E-state index contributed by atoms with van der Waals surface area (Å²) in [5, 5.41) is 21.0. The lowest BCUT2D eigenvalue weighted by Gasteiger charge is -2.15. The van der Waals surface area contributed by atoms with Crippen molar-refractivity contribution in [1.82, 2.24) is 21.3 Å². The first kappa shape index (κ1) is 20.9. The normalized spacial score (nSPS) is 11.7. The van der Waals surface area contributed by atoms with Gasteiger partial charge in [0.15, 0.2) is 0 Å². The number of carboxylic acids is 1. The minimum atomic E-state index is -1.05. The average Bonchev–Trinajstić information content (AvgIpc) is 2.60. The fourth-order valence-corrected chi connectivity index (χ4v) is 2.25. The number of unbranched alkanes of at least 4 members (excludes halogenated alkanes) is 1. The molecule has 0 aliphatic rings. The highest BCUT2D eigenvalue weighted by Crippen LogP contribution is 2.03. The van der Waals surface area contributed by atoms with E-state index >= 15 is 0 Å². The summed E-state index contributed by atoms with van der Waals surface area (Å²) >= 11 is 0. The van der Waals surface area contributed by atoms with Gasteiger partial charge in [-0.25, -0.2) is 9.59 Å². The van der Waals surface area contributed by atoms with Gasteiger partial charge >= 0.3 is 12.0 Å². The molecule has 7 heteroatoms. The largest absolute Gasteiger partial charge is 0.480 e. The molecule has 7 nitrogen and oxygen atoms in total. The van der Waals surface area contributed by atoms with Gasteiger partial charge in [0.1, 0.15) is 6.04 Å². The van der Waals surface area contributed by atoms with E-state index in [0.717, 1.165) is 25.2 Å². The first-order chi connectivity index (χ1) is 12.1. The van der Waals surface area contributed by atoms with Gasteiger partial charge in [-0.15, -0.1) is 0 Å². The first-order valence-electron chi connectivity index (χ1n) is 8.86. The highest BCUT2D eigenvalue weighted by atomic mass is 16.4. The maximum Gasteiger partial charge on any atom is 0.326 e. The van der Waals surface area contributed by atoms with Gasteiger partial charge in [0.25, 0.3) is 0 Å². The minimum absolute atomic E-state index is 0.255. The molecule has 0 aliphatic heterocycles. The topological polar surface area (TPSA) is 102 Å². The van der Waals surface area contributed by atoms with Gasteiger partial charge in [0.05, 0.1) is 0 Å². The van der Waals surface area contributed by atoms with Crippen LogP contribution in [0.4, 0.5) is 4.79 Å². The molecule has 1 rings (SSSR count). The van der Waals surface area contributed by atoms with Crippen LogP contribution in [0.5, 0.6) is 0 Å². The van der Waals surface area contributed by atoms with Crippen LogP contribution in [0, 0.1) is 0 Å². The predicted molar refractivity (Wildman–Crippen MR) is 98.8 cm³/mol. The molecule has 0 saturated carbocycles. The number of hydrogen-bond acceptors (Lipinski definition) is 4. The molecular weight excluding hydrogens is 320 g/mol. The van der Waals surface area contributed by atoms with Crippen molar-refractivity contribution in [3.63, 3.8) is 0 Å². The Balaban J connectivity index is 2.15. The zero-order valence-electron chi connectivity index (χ0n) is 14.9. The molecule has 0 aliphatic carbocycles. The SMILES string of the molecule is CCCCNCCNCCNC(=O)NC(Cc1ccccc1)C(=O)O. The molecule has 2 amide bonds. The maximum absolute atomic E-state index is 11.8. The molecule has 1 atom stereocenters. The molecule has 5 N–H and O–H groups in total. The molecule has 1 aromatic rings. The fourth-order valence-electron chi connectivity index (χ4n) is 2.25. The standard InChI is InChI=1S/C18H30N4O3/c1-2-3-9-19-10-11-20-12-13-21-18(25)22-16(17(23)24)14-15-7-5-4-6-8-15/h4-8,16,19-20H,2-3,9-14H2,1H3,(H,23,24)(H2,21,22,25). The van der Waals surface area contributed by atoms with Crippen molar-refractivity contribution >= 4 is 12.0 Å². The molecule has 140 valence electrons. The van der Waals surface area contributed by atoms with Crippen LogP contribution in [-0.2, 0) is 11.2 Å². The van der Waals surface area contributed by atoms with Gasteiger partial charge < -0.3 is 26.4 Å². The van der Waals surface area contributed by atoms with Crippen molar-refractivity contribution in [1.29, 1.82) is 0 Å². The van der Waals surface area contributed by atoms with Crippen LogP contribution in [0.2, 0.25) is 0 Å². The zero-order valence-corrected chi connectivity index (χ0v) is 14.9. The Morgan fingerprint density at radius 3 is 2.28 bits per heavy atom. The van der Waals surface area contributed by atoms with Crippen LogP contribution in [0.25, 0.3) is 0 Å². The van der Waals surface area contributed by atoms with E-state index in [0.29, 0.717) is 13.1 Å². The number of nitrogens with one attached hydrogen (secondary N) is 4. The highest BCUT2D eigenvalue weighted by Gasteiger charge is 2.19. The molecular formula is C18H30N4O3. The van der Waals surface area contributed by atoms with E-state index in [2.05, 4.69) is 28.2 Å². The van der Waals surface area contributed by atoms with Crippen molar-refractivity contribution < 1.29 is 14.7 Å². The molecule has 0 spiro atoms. The molecule has 0 radical (unpaired) electrons. The van der Waals surface area contributed by atoms with Crippen LogP contribution < -0.4 is 21.3 Å². The smallest absolute Gasteiger partial charge is 0.326 e. The van der Waals surface area contributed by atoms with Crippen molar-refractivity contribution in [3.05, 3.63) is 35.9 Å². The molecule has 0 heterocycles. The van der Waals surface area contributed by atoms with E-state index in [-0.39, 0.29) is 6.42 Å². The number of urea groups is 1. The van der Waals surface area contributed by atoms with Gasteiger partial charge in [-0.2, -0.15) is 0 Å². The molecule has 0 aromatic heterocycles. The molecule has 1 unspecified atom stereocenters. The predicted octanol–water partition coefficient (Wildman–Crippen LogP) is 0.961. The van der Waals surface area contributed by atoms with E-state index in [1.807, 2.05) is 30.3 Å². The Morgan fingerprint density at radius 1 is 1.00 bits per heavy atom. The Morgan fingerprint density at radius 2 is 1.64 bits per heavy atom. The number of carbonyl (C=O) groups excluding carboxylic acids is 1. The lowest BCUT2D eigenvalue weighted by Crippen LogP contribution is -2.48. The van der Waals surface area contributed by atoms with E-state index in [1.54, 1.807) is 0 Å². The van der Waals surface area contributed by atoms with Crippen LogP contribution in [0.1, 0.15) is 25.3 Å². The van der Waals surface area contributed by atoms with Crippen LogP contribution in [0.15, 0.2) is 30.3 Å². The Hall–Kier alpha value is -2.12. The van der Waals surface area contributed by atoms with Crippen molar-refractivity contribution in [2.75, 3.05) is 32.7 Å². The van der Waals surface area contributed by atoms with E-state index < -0.39 is 18.0 Å². The second-order valence-corrected chi connectivity index (χ2v) is 5.83. The molecule has 25 heavy (non-hydrogen) atoms. The lowest BCUT2D eigenvalue weighted by molar-refractivity contribution is -0.139. The summed E-state index contributed by atoms with van der Waals surface area (Å²) < 4.78 is 0. The number of carboxylic acid groups (broad SMARTS) is 1. The van der Waals surface area contributed by atoms with Crippen molar-refractivity contribution in [2.24, 2.45) is 0 Å². The van der Waals surface area contributed by atoms with Gasteiger partial charge in [-0.1, -0.05) is 43.7 Å². The van der Waals surface area contributed by atoms with Gasteiger partial charge in [-0.05, 0) is 18.5 Å². The molecule has 0 saturated heterocycles. The maximum atomic E-state index is 11.8. The summed E-state index contributed by atoms with van der Waals surface area (Å²) in [6, 6.07) is 7.83. The van der Waals surface area contributed by atoms with E-state index in [1.165, 1.54) is 12.8 Å². The quantitative estimate of drug-likeness (QED) is 0.341. The molecule has 0 fully saturated rings. The van der Waals surface area contributed by atoms with Crippen LogP contribution in [0.3, 0.4) is 0 Å². The van der Waals surface area contributed by atoms with Gasteiger partial charge in [0.2, 0.25) is 0 Å². The number of amides is 2. The third-order valence-corrected chi connectivity index (χ3v) is 3.66. The zero-order chi connectivity index (χ0) is 18.3. The summed E-state index contributed by atoms with van der Waals surface area (Å²) in [5.74, 6) is -1.05. The molecule has 0 bridgehead atoms. The summed E-state index contributed by atoms with van der Waals surface area (Å²) in [4.78, 5) is 23.1. The summed E-state index contributed by atoms with van der Waals surface area (Å²) in [5.41, 5.74) is 0.868. The molecule has 1 aromatic carbocycles. The second kappa shape index (κ2) is 13.2. The number of hydrogen-bond donors (Lipinski definition) is 5. The van der Waals surface area contributed by atoms with Gasteiger partial charge in [0, 0.05) is 32.6 Å². The van der Waals surface area contributed by atoms with Gasteiger partial charge in [-0.3, -0.25) is 0 Å². The fraction of sp³-hybridized carbons (Fsp3) is 0.556. The first-order valence-corrected chi connectivity index (χ1v) is 8.86. The van der Waals surface area contributed by atoms with Crippen molar-refractivity contribution in [3.8, 4) is 0 Å². The monoisotopic (exact) mass is 350 g/mol. The number of carbonyl (C=O) groups is 2. The third-order valence-electron chi connectivity index (χ3n) is 3.66. The Kier molecular flexibility index (Phi) is 11.0. The third kappa shape index (κ3) is 10.4. The summed E-state index contributed by atoms with van der Waals surface area (Å²) in [7, 11) is 0. The van der Waals surface area contributed by atoms with Crippen molar-refractivity contribution in [2.45, 2.75) is 32.2 Å². The van der Waals surface area contributed by atoms with Crippen LogP contribution in [-0.4, -0.2) is 55.9 Å². The second-order valence-electron chi connectivity index (χ2n) is 5.83. The summed E-state index contributed by atoms with van der Waals surface area (Å²) in [6.45, 7) is 5.99. The number of aliphatic carboxylic acids is 1. The highest BCUT2D eigenvalue weighted by molar-refractivity contribution is 5.82. The Bertz CT molecular complexity index is 496. The number of benzene rings is 1. The average molecular weight is 350 g/mol. The minimum Gasteiger partial charge on any atom is -0.480 e. The lowest BCUT2D eigenvalue weighted by atomic mass is 10.1. The van der Waals surface area contributed by atoms with Crippen LogP contribution >= 0.6 is 0 Å². The van der Waals surface area contributed by atoms with E-state index in [9.17, 15) is 14.7 Å². The Labute approximate surface area is 149 Å². The summed E-state index contributed by atoms with van der Waals surface area (Å²) in [6.07, 6.45) is 2.61. The van der Waals surface area contributed by atoms with E-state index in [4.69, 9.17) is 0 Å².